The summed E-state index contributed by atoms with van der Waals surface area (Å²) in [5.74, 6) is 0.772. The topological polar surface area (TPSA) is 83.7 Å². The molecule has 2 aliphatic rings. The molecule has 8 nitrogen and oxygen atoms in total. The van der Waals surface area contributed by atoms with Crippen LogP contribution in [0.15, 0.2) is 24.3 Å². The normalized spacial score (nSPS) is 19.0. The fourth-order valence-corrected chi connectivity index (χ4v) is 4.97. The standard InChI is InChI=1S/C19H20N6O2S/c1-12-20-21-19-25(12)22-16(28-19)6-7-17(26)23-10-15-14-5-3-2-4-13(14)8-9-24(15)18(27)11-23/h2-5,15H,6-11H2,1H3. The molecule has 2 aliphatic heterocycles. The van der Waals surface area contributed by atoms with Crippen molar-refractivity contribution in [3.05, 3.63) is 46.2 Å². The first-order valence-corrected chi connectivity index (χ1v) is 10.2. The zero-order valence-corrected chi connectivity index (χ0v) is 16.4. The number of aromatic nitrogens is 4. The highest BCUT2D eigenvalue weighted by molar-refractivity contribution is 7.16. The quantitative estimate of drug-likeness (QED) is 0.668. The Bertz CT molecular complexity index is 1070. The van der Waals surface area contributed by atoms with Gasteiger partial charge in [0.25, 0.3) is 0 Å². The van der Waals surface area contributed by atoms with E-state index in [1.165, 1.54) is 22.5 Å². The molecule has 1 fully saturated rings. The van der Waals surface area contributed by atoms with Crippen LogP contribution in [0.3, 0.4) is 0 Å². The van der Waals surface area contributed by atoms with Crippen LogP contribution in [0.5, 0.6) is 0 Å². The van der Waals surface area contributed by atoms with Crippen LogP contribution in [0.4, 0.5) is 0 Å². The molecule has 0 aliphatic carbocycles. The maximum absolute atomic E-state index is 12.8. The Morgan fingerprint density at radius 3 is 3.00 bits per heavy atom. The Kier molecular flexibility index (Phi) is 4.12. The molecule has 0 saturated carbocycles. The van der Waals surface area contributed by atoms with E-state index in [1.807, 2.05) is 24.0 Å². The van der Waals surface area contributed by atoms with Gasteiger partial charge < -0.3 is 9.80 Å². The number of amides is 2. The molecule has 1 saturated heterocycles. The number of carbonyl (C=O) groups excluding carboxylic acids is 2. The average molecular weight is 396 g/mol. The molecule has 0 bridgehead atoms. The summed E-state index contributed by atoms with van der Waals surface area (Å²) in [4.78, 5) is 29.8. The van der Waals surface area contributed by atoms with Gasteiger partial charge in [-0.15, -0.1) is 10.2 Å². The lowest BCUT2D eigenvalue weighted by Gasteiger charge is -2.44. The largest absolute Gasteiger partial charge is 0.332 e. The van der Waals surface area contributed by atoms with Crippen molar-refractivity contribution in [2.45, 2.75) is 32.2 Å². The van der Waals surface area contributed by atoms with E-state index < -0.39 is 0 Å². The number of fused-ring (bicyclic) bond motifs is 4. The van der Waals surface area contributed by atoms with E-state index in [9.17, 15) is 9.59 Å². The highest BCUT2D eigenvalue weighted by atomic mass is 32.1. The van der Waals surface area contributed by atoms with Crippen LogP contribution >= 0.6 is 11.3 Å². The minimum Gasteiger partial charge on any atom is -0.332 e. The summed E-state index contributed by atoms with van der Waals surface area (Å²) in [5, 5.41) is 13.3. The highest BCUT2D eigenvalue weighted by Crippen LogP contribution is 2.33. The first-order valence-electron chi connectivity index (χ1n) is 9.43. The fraction of sp³-hybridized carbons (Fsp3) is 0.421. The average Bonchev–Trinajstić information content (AvgIpc) is 3.27. The van der Waals surface area contributed by atoms with E-state index in [1.54, 1.807) is 9.42 Å². The first-order chi connectivity index (χ1) is 13.6. The molecule has 5 rings (SSSR count). The summed E-state index contributed by atoms with van der Waals surface area (Å²) >= 11 is 1.45. The third-order valence-electron chi connectivity index (χ3n) is 5.55. The van der Waals surface area contributed by atoms with Gasteiger partial charge in [0.2, 0.25) is 16.8 Å². The molecular formula is C19H20N6O2S. The molecule has 1 unspecified atom stereocenters. The Labute approximate surface area is 165 Å². The summed E-state index contributed by atoms with van der Waals surface area (Å²) in [5.41, 5.74) is 2.45. The van der Waals surface area contributed by atoms with Crippen molar-refractivity contribution < 1.29 is 9.59 Å². The van der Waals surface area contributed by atoms with Crippen LogP contribution in [0.25, 0.3) is 4.96 Å². The Hall–Kier alpha value is -2.81. The summed E-state index contributed by atoms with van der Waals surface area (Å²) < 4.78 is 1.70. The van der Waals surface area contributed by atoms with Crippen LogP contribution in [-0.2, 0) is 22.4 Å². The number of aryl methyl sites for hydroxylation is 2. The van der Waals surface area contributed by atoms with Crippen molar-refractivity contribution in [2.24, 2.45) is 0 Å². The van der Waals surface area contributed by atoms with Crippen molar-refractivity contribution in [3.8, 4) is 0 Å². The minimum absolute atomic E-state index is 0.00116. The predicted octanol–water partition coefficient (Wildman–Crippen LogP) is 1.40. The number of carbonyl (C=O) groups is 2. The van der Waals surface area contributed by atoms with Crippen molar-refractivity contribution in [1.82, 2.24) is 29.6 Å². The lowest BCUT2D eigenvalue weighted by atomic mass is 9.90. The van der Waals surface area contributed by atoms with Gasteiger partial charge in [-0.3, -0.25) is 9.59 Å². The second-order valence-corrected chi connectivity index (χ2v) is 8.30. The van der Waals surface area contributed by atoms with Gasteiger partial charge in [-0.05, 0) is 24.5 Å². The van der Waals surface area contributed by atoms with Gasteiger partial charge in [-0.2, -0.15) is 9.61 Å². The minimum atomic E-state index is -0.0352. The van der Waals surface area contributed by atoms with Gasteiger partial charge in [0, 0.05) is 25.9 Å². The van der Waals surface area contributed by atoms with Crippen molar-refractivity contribution in [1.29, 1.82) is 0 Å². The molecule has 0 N–H and O–H groups in total. The zero-order chi connectivity index (χ0) is 19.3. The van der Waals surface area contributed by atoms with Gasteiger partial charge in [-0.1, -0.05) is 35.6 Å². The number of hydrogen-bond donors (Lipinski definition) is 0. The highest BCUT2D eigenvalue weighted by Gasteiger charge is 2.38. The monoisotopic (exact) mass is 396 g/mol. The third-order valence-corrected chi connectivity index (χ3v) is 6.50. The Morgan fingerprint density at radius 1 is 1.29 bits per heavy atom. The van der Waals surface area contributed by atoms with Gasteiger partial charge in [0.05, 0.1) is 12.6 Å². The molecule has 1 atom stereocenters. The van der Waals surface area contributed by atoms with E-state index in [0.29, 0.717) is 19.4 Å². The first kappa shape index (κ1) is 17.3. The molecule has 3 aromatic rings. The van der Waals surface area contributed by atoms with Crippen molar-refractivity contribution >= 4 is 28.1 Å². The summed E-state index contributed by atoms with van der Waals surface area (Å²) in [7, 11) is 0. The second kappa shape index (κ2) is 6.66. The Morgan fingerprint density at radius 2 is 2.14 bits per heavy atom. The van der Waals surface area contributed by atoms with Gasteiger partial charge >= 0.3 is 0 Å². The van der Waals surface area contributed by atoms with Gasteiger partial charge in [0.15, 0.2) is 5.82 Å². The van der Waals surface area contributed by atoms with Crippen LogP contribution < -0.4 is 0 Å². The molecule has 0 spiro atoms. The molecule has 28 heavy (non-hydrogen) atoms. The SMILES string of the molecule is Cc1nnc2sc(CCC(=O)N3CC(=O)N4CCc5ccccc5C4C3)nn12. The maximum atomic E-state index is 12.8. The Balaban J connectivity index is 1.30. The number of rotatable bonds is 3. The van der Waals surface area contributed by atoms with Crippen LogP contribution in [0.2, 0.25) is 0 Å². The molecule has 4 heterocycles. The number of piperazine rings is 1. The molecule has 9 heteroatoms. The van der Waals surface area contributed by atoms with E-state index in [0.717, 1.165) is 28.8 Å². The maximum Gasteiger partial charge on any atom is 0.242 e. The molecule has 2 aromatic heterocycles. The molecular weight excluding hydrogens is 376 g/mol. The van der Waals surface area contributed by atoms with E-state index >= 15 is 0 Å². The van der Waals surface area contributed by atoms with Crippen LogP contribution in [0, 0.1) is 6.92 Å². The third kappa shape index (κ3) is 2.86. The number of benzene rings is 1. The van der Waals surface area contributed by atoms with Crippen LogP contribution in [-0.4, -0.2) is 61.1 Å². The second-order valence-electron chi connectivity index (χ2n) is 7.26. The fourth-order valence-electron chi connectivity index (χ4n) is 4.09. The molecule has 144 valence electrons. The van der Waals surface area contributed by atoms with Gasteiger partial charge in [-0.25, -0.2) is 0 Å². The summed E-state index contributed by atoms with van der Waals surface area (Å²) in [6.45, 7) is 3.31. The lowest BCUT2D eigenvalue weighted by Crippen LogP contribution is -2.55. The van der Waals surface area contributed by atoms with E-state index in [-0.39, 0.29) is 24.4 Å². The zero-order valence-electron chi connectivity index (χ0n) is 15.5. The molecule has 0 radical (unpaired) electrons. The predicted molar refractivity (Wildman–Crippen MR) is 103 cm³/mol. The summed E-state index contributed by atoms with van der Waals surface area (Å²) in [6, 6.07) is 8.20. The van der Waals surface area contributed by atoms with Gasteiger partial charge in [0.1, 0.15) is 5.01 Å². The summed E-state index contributed by atoms with van der Waals surface area (Å²) in [6.07, 6.45) is 1.76. The van der Waals surface area contributed by atoms with E-state index in [4.69, 9.17) is 0 Å². The van der Waals surface area contributed by atoms with Crippen molar-refractivity contribution in [3.63, 3.8) is 0 Å². The number of nitrogens with zero attached hydrogens (tertiary/aromatic N) is 6. The van der Waals surface area contributed by atoms with Crippen molar-refractivity contribution in [2.75, 3.05) is 19.6 Å². The molecule has 2 amide bonds. The lowest BCUT2D eigenvalue weighted by molar-refractivity contribution is -0.149. The number of hydrogen-bond acceptors (Lipinski definition) is 6. The van der Waals surface area contributed by atoms with E-state index in [2.05, 4.69) is 27.4 Å². The molecule has 1 aromatic carbocycles. The smallest absolute Gasteiger partial charge is 0.242 e. The van der Waals surface area contributed by atoms with Crippen LogP contribution in [0.1, 0.15) is 34.4 Å².